The quantitative estimate of drug-likeness (QED) is 0.530. The van der Waals surface area contributed by atoms with E-state index in [9.17, 15) is 0 Å². The highest BCUT2D eigenvalue weighted by molar-refractivity contribution is 5.29. The Morgan fingerprint density at radius 2 is 2.00 bits per heavy atom. The Morgan fingerprint density at radius 3 is 2.11 bits per heavy atom. The maximum atomic E-state index is 5.89. The van der Waals surface area contributed by atoms with Gasteiger partial charge in [0.05, 0.1) is 0 Å². The van der Waals surface area contributed by atoms with Gasteiger partial charge in [0.25, 0.3) is 0 Å². The number of hydrogen-bond donors (Lipinski definition) is 1. The van der Waals surface area contributed by atoms with E-state index < -0.39 is 0 Å². The molecule has 0 aromatic carbocycles. The van der Waals surface area contributed by atoms with Crippen LogP contribution >= 0.6 is 0 Å². The van der Waals surface area contributed by atoms with Gasteiger partial charge in [0.1, 0.15) is 0 Å². The van der Waals surface area contributed by atoms with Crippen LogP contribution in [0.2, 0.25) is 0 Å². The molecule has 0 fully saturated rings. The highest BCUT2D eigenvalue weighted by atomic mass is 14.7. The van der Waals surface area contributed by atoms with Gasteiger partial charge in [0.2, 0.25) is 0 Å². The summed E-state index contributed by atoms with van der Waals surface area (Å²) in [6, 6.07) is 0.289. The molecule has 0 radical (unpaired) electrons. The van der Waals surface area contributed by atoms with E-state index in [1.807, 2.05) is 0 Å². The molecule has 0 aliphatic heterocycles. The van der Waals surface area contributed by atoms with Crippen LogP contribution in [-0.2, 0) is 0 Å². The van der Waals surface area contributed by atoms with Crippen LogP contribution in [0.3, 0.4) is 0 Å². The van der Waals surface area contributed by atoms with Crippen LogP contribution in [0.5, 0.6) is 0 Å². The summed E-state index contributed by atoms with van der Waals surface area (Å²) in [5, 5.41) is 0. The van der Waals surface area contributed by atoms with E-state index in [0.717, 1.165) is 6.42 Å². The second-order valence-corrected chi connectivity index (χ2v) is 3.83. The fraction of sp³-hybridized carbons (Fsp3) is 0.750. The summed E-state index contributed by atoms with van der Waals surface area (Å²) in [5.41, 5.74) is 7.57. The van der Waals surface area contributed by atoms with Gasteiger partial charge in [-0.05, 0) is 11.8 Å². The second kappa shape index (κ2) is 1.84. The Labute approximate surface area is 56.9 Å². The van der Waals surface area contributed by atoms with Crippen LogP contribution in [0.4, 0.5) is 0 Å². The first kappa shape index (κ1) is 6.81. The molecule has 9 heavy (non-hydrogen) atoms. The monoisotopic (exact) mass is 125 g/mol. The lowest BCUT2D eigenvalue weighted by Crippen LogP contribution is -2.34. The third-order valence-corrected chi connectivity index (χ3v) is 1.77. The molecule has 0 unspecified atom stereocenters. The molecule has 0 aromatic heterocycles. The van der Waals surface area contributed by atoms with Crippen molar-refractivity contribution < 1.29 is 0 Å². The molecule has 0 saturated heterocycles. The molecule has 1 atom stereocenters. The third kappa shape index (κ3) is 1.55. The fourth-order valence-electron chi connectivity index (χ4n) is 0.869. The zero-order chi connectivity index (χ0) is 7.07. The third-order valence-electron chi connectivity index (χ3n) is 1.77. The molecule has 1 nitrogen and oxygen atoms in total. The maximum absolute atomic E-state index is 5.89. The van der Waals surface area contributed by atoms with E-state index in [1.54, 1.807) is 0 Å². The summed E-state index contributed by atoms with van der Waals surface area (Å²) in [4.78, 5) is 0. The summed E-state index contributed by atoms with van der Waals surface area (Å²) in [6.07, 6.45) is 3.36. The van der Waals surface area contributed by atoms with Crippen molar-refractivity contribution in [3.63, 3.8) is 0 Å². The molecule has 2 N–H and O–H groups in total. The first-order valence-electron chi connectivity index (χ1n) is 3.46. The lowest BCUT2D eigenvalue weighted by Gasteiger charge is -2.24. The predicted octanol–water partition coefficient (Wildman–Crippen LogP) is 1.69. The lowest BCUT2D eigenvalue weighted by atomic mass is 9.86. The fourth-order valence-corrected chi connectivity index (χ4v) is 0.869. The zero-order valence-electron chi connectivity index (χ0n) is 6.44. The van der Waals surface area contributed by atoms with Gasteiger partial charge in [-0.15, -0.1) is 0 Å². The van der Waals surface area contributed by atoms with E-state index >= 15 is 0 Å². The van der Waals surface area contributed by atoms with E-state index in [4.69, 9.17) is 5.73 Å². The molecule has 1 aliphatic carbocycles. The summed E-state index contributed by atoms with van der Waals surface area (Å²) in [6.45, 7) is 6.53. The van der Waals surface area contributed by atoms with Crippen molar-refractivity contribution in [2.45, 2.75) is 33.2 Å². The van der Waals surface area contributed by atoms with Crippen molar-refractivity contribution in [3.05, 3.63) is 11.6 Å². The number of rotatable bonds is 1. The molecule has 0 aromatic rings. The minimum Gasteiger partial charge on any atom is -0.324 e. The minimum absolute atomic E-state index is 0.252. The van der Waals surface area contributed by atoms with Crippen molar-refractivity contribution in [2.75, 3.05) is 0 Å². The average Bonchev–Trinajstić information content (AvgIpc) is 2.40. The molecule has 0 saturated carbocycles. The normalized spacial score (nSPS) is 21.1. The number of hydrogen-bond acceptors (Lipinski definition) is 1. The Hall–Kier alpha value is -0.300. The van der Waals surface area contributed by atoms with E-state index in [1.165, 1.54) is 5.57 Å². The van der Waals surface area contributed by atoms with Crippen molar-refractivity contribution in [1.82, 2.24) is 0 Å². The van der Waals surface area contributed by atoms with Crippen LogP contribution < -0.4 is 5.73 Å². The van der Waals surface area contributed by atoms with E-state index in [0.29, 0.717) is 0 Å². The van der Waals surface area contributed by atoms with Crippen molar-refractivity contribution in [3.8, 4) is 0 Å². The first-order chi connectivity index (χ1) is 4.02. The minimum atomic E-state index is 0.252. The molecule has 1 rings (SSSR count). The lowest BCUT2D eigenvalue weighted by molar-refractivity contribution is 0.358. The second-order valence-electron chi connectivity index (χ2n) is 3.83. The van der Waals surface area contributed by atoms with Gasteiger partial charge < -0.3 is 5.73 Å². The molecule has 0 heterocycles. The van der Waals surface area contributed by atoms with Gasteiger partial charge in [0.15, 0.2) is 0 Å². The highest BCUT2D eigenvalue weighted by Crippen LogP contribution is 2.31. The Kier molecular flexibility index (Phi) is 1.39. The van der Waals surface area contributed by atoms with Gasteiger partial charge >= 0.3 is 0 Å². The standard InChI is InChI=1S/C8H15N/c1-8(2,3)7(9)6-4-5-6/h4,7H,5,9H2,1-3H3/t7-/m0/s1. The van der Waals surface area contributed by atoms with Gasteiger partial charge in [-0.25, -0.2) is 0 Å². The van der Waals surface area contributed by atoms with Gasteiger partial charge in [-0.2, -0.15) is 0 Å². The van der Waals surface area contributed by atoms with Gasteiger partial charge in [-0.1, -0.05) is 32.4 Å². The van der Waals surface area contributed by atoms with Gasteiger partial charge in [0, 0.05) is 6.04 Å². The topological polar surface area (TPSA) is 26.0 Å². The Bertz CT molecular complexity index is 139. The maximum Gasteiger partial charge on any atom is 0.0306 e. The van der Waals surface area contributed by atoms with Crippen LogP contribution in [0.1, 0.15) is 27.2 Å². The molecule has 1 heteroatoms. The number of nitrogens with two attached hydrogens (primary N) is 1. The summed E-state index contributed by atoms with van der Waals surface area (Å²) in [7, 11) is 0. The van der Waals surface area contributed by atoms with Crippen LogP contribution in [0, 0.1) is 5.41 Å². The molecule has 52 valence electrons. The summed E-state index contributed by atoms with van der Waals surface area (Å²) in [5.74, 6) is 0. The van der Waals surface area contributed by atoms with Crippen LogP contribution in [0.15, 0.2) is 11.6 Å². The van der Waals surface area contributed by atoms with Crippen molar-refractivity contribution >= 4 is 0 Å². The van der Waals surface area contributed by atoms with Crippen molar-refractivity contribution in [2.24, 2.45) is 11.1 Å². The zero-order valence-corrected chi connectivity index (χ0v) is 6.44. The van der Waals surface area contributed by atoms with E-state index in [-0.39, 0.29) is 11.5 Å². The number of allylic oxidation sites excluding steroid dienone is 1. The largest absolute Gasteiger partial charge is 0.324 e. The summed E-state index contributed by atoms with van der Waals surface area (Å²) < 4.78 is 0. The van der Waals surface area contributed by atoms with Crippen molar-refractivity contribution in [1.29, 1.82) is 0 Å². The van der Waals surface area contributed by atoms with E-state index in [2.05, 4.69) is 26.8 Å². The predicted molar refractivity (Wildman–Crippen MR) is 40.1 cm³/mol. The van der Waals surface area contributed by atoms with Crippen LogP contribution in [-0.4, -0.2) is 6.04 Å². The van der Waals surface area contributed by atoms with Gasteiger partial charge in [-0.3, -0.25) is 0 Å². The highest BCUT2D eigenvalue weighted by Gasteiger charge is 2.27. The smallest absolute Gasteiger partial charge is 0.0306 e. The molecule has 0 bridgehead atoms. The Balaban J connectivity index is 2.50. The molecule has 0 amide bonds. The average molecular weight is 125 g/mol. The summed E-state index contributed by atoms with van der Waals surface area (Å²) >= 11 is 0. The SMILES string of the molecule is CC(C)(C)[C@@H](N)C1=CC1. The Morgan fingerprint density at radius 1 is 1.56 bits per heavy atom. The molecule has 1 aliphatic rings. The first-order valence-corrected chi connectivity index (χ1v) is 3.46. The molecule has 0 spiro atoms. The van der Waals surface area contributed by atoms with Crippen LogP contribution in [0.25, 0.3) is 0 Å². The molecular weight excluding hydrogens is 110 g/mol. The molecular formula is C8H15N.